The summed E-state index contributed by atoms with van der Waals surface area (Å²) in [6, 6.07) is -2.29. The van der Waals surface area contributed by atoms with Crippen molar-refractivity contribution in [1.82, 2.24) is 15.6 Å². The number of aliphatic hydroxyl groups is 1. The van der Waals surface area contributed by atoms with E-state index >= 15 is 0 Å². The summed E-state index contributed by atoms with van der Waals surface area (Å²) >= 11 is 0. The molecule has 4 N–H and O–H groups in total. The van der Waals surface area contributed by atoms with Crippen LogP contribution in [0.3, 0.4) is 0 Å². The molecular weight excluding hydrogens is 254 g/mol. The van der Waals surface area contributed by atoms with Crippen LogP contribution in [-0.4, -0.2) is 39.8 Å². The van der Waals surface area contributed by atoms with Gasteiger partial charge >= 0.3 is 12.0 Å². The number of hydrogen-bond acceptors (Lipinski definition) is 5. The molecule has 1 heterocycles. The fourth-order valence-electron chi connectivity index (χ4n) is 1.42. The van der Waals surface area contributed by atoms with Crippen molar-refractivity contribution in [2.24, 2.45) is 0 Å². The second-order valence-electron chi connectivity index (χ2n) is 4.05. The number of aromatic nitrogens is 1. The molecule has 2 atom stereocenters. The number of aliphatic hydroxyl groups excluding tert-OH is 1. The minimum atomic E-state index is -1.20. The molecule has 8 nitrogen and oxygen atoms in total. The van der Waals surface area contributed by atoms with Crippen molar-refractivity contribution in [2.75, 3.05) is 6.61 Å². The highest BCUT2D eigenvalue weighted by molar-refractivity contribution is 5.82. The second-order valence-corrected chi connectivity index (χ2v) is 4.05. The fourth-order valence-corrected chi connectivity index (χ4v) is 1.42. The molecule has 0 radical (unpaired) electrons. The molecule has 1 rings (SSSR count). The first-order valence-electron chi connectivity index (χ1n) is 5.77. The number of amides is 2. The van der Waals surface area contributed by atoms with E-state index in [9.17, 15) is 9.59 Å². The standard InChI is InChI=1S/C11H17N3O5/c1-6-5-12-9(19-6)7(2)13-11(18)14-8(3-4-15)10(16)17/h5,7-8,15H,3-4H2,1-2H3,(H,16,17)(H2,13,14,18)/t7?,8-/m0/s1. The lowest BCUT2D eigenvalue weighted by atomic mass is 10.2. The van der Waals surface area contributed by atoms with Crippen LogP contribution in [0.4, 0.5) is 4.79 Å². The van der Waals surface area contributed by atoms with Crippen molar-refractivity contribution < 1.29 is 24.2 Å². The number of carbonyl (C=O) groups excluding carboxylic acids is 1. The zero-order valence-corrected chi connectivity index (χ0v) is 10.7. The van der Waals surface area contributed by atoms with Crippen LogP contribution in [0.2, 0.25) is 0 Å². The van der Waals surface area contributed by atoms with Gasteiger partial charge in [0.15, 0.2) is 0 Å². The van der Waals surface area contributed by atoms with Crippen LogP contribution in [0.1, 0.15) is 31.0 Å². The average Bonchev–Trinajstić information content (AvgIpc) is 2.75. The van der Waals surface area contributed by atoms with Crippen molar-refractivity contribution in [2.45, 2.75) is 32.4 Å². The number of urea groups is 1. The first kappa shape index (κ1) is 15.0. The molecule has 0 fully saturated rings. The van der Waals surface area contributed by atoms with Crippen molar-refractivity contribution in [3.63, 3.8) is 0 Å². The van der Waals surface area contributed by atoms with E-state index in [4.69, 9.17) is 14.6 Å². The van der Waals surface area contributed by atoms with Gasteiger partial charge in [-0.1, -0.05) is 0 Å². The van der Waals surface area contributed by atoms with Gasteiger partial charge in [-0.15, -0.1) is 0 Å². The number of aliphatic carboxylic acids is 1. The largest absolute Gasteiger partial charge is 0.480 e. The molecule has 106 valence electrons. The van der Waals surface area contributed by atoms with E-state index in [1.807, 2.05) is 0 Å². The summed E-state index contributed by atoms with van der Waals surface area (Å²) in [7, 11) is 0. The Morgan fingerprint density at radius 1 is 1.47 bits per heavy atom. The summed E-state index contributed by atoms with van der Waals surface area (Å²) in [5.41, 5.74) is 0. The topological polar surface area (TPSA) is 125 Å². The van der Waals surface area contributed by atoms with Gasteiger partial charge in [0.1, 0.15) is 17.8 Å². The van der Waals surface area contributed by atoms with E-state index in [-0.39, 0.29) is 13.0 Å². The highest BCUT2D eigenvalue weighted by Gasteiger charge is 2.21. The number of nitrogens with zero attached hydrogens (tertiary/aromatic N) is 1. The lowest BCUT2D eigenvalue weighted by Crippen LogP contribution is -2.47. The highest BCUT2D eigenvalue weighted by atomic mass is 16.4. The Morgan fingerprint density at radius 2 is 2.16 bits per heavy atom. The molecule has 1 unspecified atom stereocenters. The Kier molecular flexibility index (Phi) is 5.31. The molecule has 0 aromatic carbocycles. The van der Waals surface area contributed by atoms with Crippen molar-refractivity contribution in [1.29, 1.82) is 0 Å². The van der Waals surface area contributed by atoms with Crippen molar-refractivity contribution in [3.05, 3.63) is 17.8 Å². The maximum absolute atomic E-state index is 11.6. The Balaban J connectivity index is 2.52. The maximum Gasteiger partial charge on any atom is 0.326 e. The summed E-state index contributed by atoms with van der Waals surface area (Å²) in [4.78, 5) is 26.3. The Labute approximate surface area is 109 Å². The van der Waals surface area contributed by atoms with Crippen LogP contribution < -0.4 is 10.6 Å². The molecule has 0 aliphatic heterocycles. The first-order valence-corrected chi connectivity index (χ1v) is 5.77. The van der Waals surface area contributed by atoms with E-state index in [0.717, 1.165) is 0 Å². The molecule has 0 saturated carbocycles. The van der Waals surface area contributed by atoms with E-state index < -0.39 is 24.1 Å². The van der Waals surface area contributed by atoms with Gasteiger partial charge in [0.2, 0.25) is 5.89 Å². The number of rotatable bonds is 6. The van der Waals surface area contributed by atoms with Crippen LogP contribution in [0, 0.1) is 6.92 Å². The van der Waals surface area contributed by atoms with Crippen molar-refractivity contribution in [3.8, 4) is 0 Å². The third-order valence-electron chi connectivity index (χ3n) is 2.38. The quantitative estimate of drug-likeness (QED) is 0.585. The molecular formula is C11H17N3O5. The SMILES string of the molecule is Cc1cnc(C(C)NC(=O)N[C@@H](CCO)C(=O)O)o1. The second kappa shape index (κ2) is 6.74. The number of hydrogen-bond donors (Lipinski definition) is 4. The minimum Gasteiger partial charge on any atom is -0.480 e. The third kappa shape index (κ3) is 4.59. The number of carbonyl (C=O) groups is 2. The number of carboxylic acids is 1. The molecule has 1 aromatic rings. The average molecular weight is 271 g/mol. The van der Waals surface area contributed by atoms with Crippen LogP contribution in [0.5, 0.6) is 0 Å². The van der Waals surface area contributed by atoms with E-state index in [1.165, 1.54) is 6.20 Å². The summed E-state index contributed by atoms with van der Waals surface area (Å²) in [5.74, 6) is -0.252. The van der Waals surface area contributed by atoms with Gasteiger partial charge < -0.3 is 25.3 Å². The van der Waals surface area contributed by atoms with E-state index in [1.54, 1.807) is 13.8 Å². The van der Waals surface area contributed by atoms with Crippen LogP contribution in [0.25, 0.3) is 0 Å². The predicted octanol–water partition coefficient (Wildman–Crippen LogP) is 0.179. The molecule has 19 heavy (non-hydrogen) atoms. The molecule has 0 bridgehead atoms. The molecule has 2 amide bonds. The Hall–Kier alpha value is -2.09. The van der Waals surface area contributed by atoms with E-state index in [0.29, 0.717) is 11.7 Å². The van der Waals surface area contributed by atoms with Crippen LogP contribution >= 0.6 is 0 Å². The normalized spacial score (nSPS) is 13.6. The minimum absolute atomic E-state index is 0.0603. The fraction of sp³-hybridized carbons (Fsp3) is 0.545. The van der Waals surface area contributed by atoms with Crippen LogP contribution in [0.15, 0.2) is 10.6 Å². The molecule has 0 aliphatic rings. The number of nitrogens with one attached hydrogen (secondary N) is 2. The third-order valence-corrected chi connectivity index (χ3v) is 2.38. The highest BCUT2D eigenvalue weighted by Crippen LogP contribution is 2.11. The zero-order chi connectivity index (χ0) is 14.4. The summed E-state index contributed by atoms with van der Waals surface area (Å²) in [5, 5.41) is 22.3. The first-order chi connectivity index (χ1) is 8.93. The van der Waals surface area contributed by atoms with Gasteiger partial charge in [0, 0.05) is 13.0 Å². The van der Waals surface area contributed by atoms with Gasteiger partial charge in [-0.3, -0.25) is 0 Å². The van der Waals surface area contributed by atoms with Gasteiger partial charge in [-0.05, 0) is 13.8 Å². The summed E-state index contributed by atoms with van der Waals surface area (Å²) < 4.78 is 5.24. The maximum atomic E-state index is 11.6. The lowest BCUT2D eigenvalue weighted by molar-refractivity contribution is -0.139. The van der Waals surface area contributed by atoms with Gasteiger partial charge in [-0.2, -0.15) is 0 Å². The summed E-state index contributed by atoms with van der Waals surface area (Å²) in [6.07, 6.45) is 1.46. The van der Waals surface area contributed by atoms with Gasteiger partial charge in [-0.25, -0.2) is 14.6 Å². The van der Waals surface area contributed by atoms with E-state index in [2.05, 4.69) is 15.6 Å². The molecule has 1 aromatic heterocycles. The summed E-state index contributed by atoms with van der Waals surface area (Å²) in [6.45, 7) is 3.06. The predicted molar refractivity (Wildman–Crippen MR) is 64.4 cm³/mol. The molecule has 0 aliphatic carbocycles. The van der Waals surface area contributed by atoms with Gasteiger partial charge in [0.25, 0.3) is 0 Å². The Bertz CT molecular complexity index is 445. The molecule has 8 heteroatoms. The Morgan fingerprint density at radius 3 is 2.63 bits per heavy atom. The van der Waals surface area contributed by atoms with Gasteiger partial charge in [0.05, 0.1) is 6.20 Å². The lowest BCUT2D eigenvalue weighted by Gasteiger charge is -2.16. The molecule has 0 spiro atoms. The number of aryl methyl sites for hydroxylation is 1. The monoisotopic (exact) mass is 271 g/mol. The van der Waals surface area contributed by atoms with Crippen LogP contribution in [-0.2, 0) is 4.79 Å². The smallest absolute Gasteiger partial charge is 0.326 e. The number of carboxylic acid groups (broad SMARTS) is 1. The van der Waals surface area contributed by atoms with Crippen molar-refractivity contribution >= 4 is 12.0 Å². The molecule has 0 saturated heterocycles. The zero-order valence-electron chi connectivity index (χ0n) is 10.7. The number of oxazole rings is 1.